The lowest BCUT2D eigenvalue weighted by Crippen LogP contribution is -2.59. The minimum atomic E-state index is -1.40. The van der Waals surface area contributed by atoms with Gasteiger partial charge in [0.2, 0.25) is 23.6 Å². The van der Waals surface area contributed by atoms with Crippen molar-refractivity contribution in [3.63, 3.8) is 0 Å². The molecule has 0 saturated carbocycles. The van der Waals surface area contributed by atoms with Gasteiger partial charge in [0, 0.05) is 43.4 Å². The molecule has 14 N–H and O–H groups in total. The Bertz CT molecular complexity index is 2170. The van der Waals surface area contributed by atoms with Crippen molar-refractivity contribution in [1.82, 2.24) is 26.0 Å². The molecule has 0 aliphatic heterocycles. The summed E-state index contributed by atoms with van der Waals surface area (Å²) in [6, 6.07) is 14.1. The molecule has 4 aromatic rings. The molecular formula is C41H53FN12O6. The Morgan fingerprint density at radius 3 is 1.98 bits per heavy atom. The van der Waals surface area contributed by atoms with Crippen LogP contribution in [0.15, 0.2) is 89.0 Å². The quantitative estimate of drug-likeness (QED) is 0.0251. The fraction of sp³-hybridized carbons (Fsp3) is 0.341. The van der Waals surface area contributed by atoms with E-state index < -0.39 is 59.5 Å². The topological polar surface area (TPSA) is 305 Å². The number of rotatable bonds is 21. The first-order valence-electron chi connectivity index (χ1n) is 19.2. The maximum Gasteiger partial charge on any atom is 0.252 e. The van der Waals surface area contributed by atoms with E-state index in [4.69, 9.17) is 33.5 Å². The first-order valence-corrected chi connectivity index (χ1v) is 19.2. The summed E-state index contributed by atoms with van der Waals surface area (Å²) in [7, 11) is 0. The smallest absolute Gasteiger partial charge is 0.252 e. The molecule has 1 aromatic heterocycles. The fourth-order valence-electron chi connectivity index (χ4n) is 6.30. The molecule has 0 aliphatic carbocycles. The number of hydrogen-bond donors (Lipinski definition) is 9. The number of carbonyl (C=O) groups is 5. The molecule has 0 aliphatic rings. The lowest BCUT2D eigenvalue weighted by atomic mass is 9.99. The normalized spacial score (nSPS) is 12.9. The number of nitrogens with two attached hydrogens (primary N) is 5. The standard InChI is InChI=1S/C41H53FN12O6/c1-23(2)19-32(37(57)51-31(36(43)56)9-6-18-48-40(44)45)52-38(58)33(20-25-12-16-28(17-13-25)50-41(46)47)53-39(59)34(21-26-10-14-27(42)15-11-26)54(24(3)55)60-35-22-49-30-8-5-4-7-29(30)35/h4-5,7-8,10-17,22-23,31-34,49H,6,9,18-21H2,1-3H3,(H2,43,56)(H,51,57)(H,52,58)(H,53,59)(H4,44,45,48)(H4,46,47,50)/t31-,32-,33-,34-/m0/s1. The van der Waals surface area contributed by atoms with Gasteiger partial charge in [-0.05, 0) is 72.7 Å². The van der Waals surface area contributed by atoms with Gasteiger partial charge in [0.15, 0.2) is 23.7 Å². The largest absolute Gasteiger partial charge is 0.374 e. The van der Waals surface area contributed by atoms with Gasteiger partial charge >= 0.3 is 0 Å². The monoisotopic (exact) mass is 828 g/mol. The third-order valence-electron chi connectivity index (χ3n) is 9.20. The zero-order valence-corrected chi connectivity index (χ0v) is 33.7. The highest BCUT2D eigenvalue weighted by Gasteiger charge is 2.35. The molecular weight excluding hydrogens is 776 g/mol. The maximum absolute atomic E-state index is 14.6. The third-order valence-corrected chi connectivity index (χ3v) is 9.20. The second-order valence-electron chi connectivity index (χ2n) is 14.6. The van der Waals surface area contributed by atoms with Crippen molar-refractivity contribution < 1.29 is 33.2 Å². The van der Waals surface area contributed by atoms with Crippen LogP contribution < -0.4 is 49.5 Å². The van der Waals surface area contributed by atoms with Crippen LogP contribution in [0.2, 0.25) is 0 Å². The molecule has 4 rings (SSSR count). The first-order chi connectivity index (χ1) is 28.5. The number of primary amides is 1. The minimum absolute atomic E-state index is 0.100. The van der Waals surface area contributed by atoms with Crippen molar-refractivity contribution in [2.24, 2.45) is 44.6 Å². The van der Waals surface area contributed by atoms with Crippen LogP contribution in [-0.4, -0.2) is 82.2 Å². The van der Waals surface area contributed by atoms with E-state index in [-0.39, 0.29) is 55.8 Å². The number of guanidine groups is 2. The van der Waals surface area contributed by atoms with Gasteiger partial charge in [-0.3, -0.25) is 29.0 Å². The van der Waals surface area contributed by atoms with E-state index in [0.717, 1.165) is 5.06 Å². The Kier molecular flexibility index (Phi) is 16.3. The van der Waals surface area contributed by atoms with Crippen molar-refractivity contribution in [1.29, 1.82) is 0 Å². The number of amides is 5. The van der Waals surface area contributed by atoms with E-state index in [1.807, 2.05) is 26.0 Å². The number of aromatic amines is 1. The van der Waals surface area contributed by atoms with Crippen LogP contribution in [0, 0.1) is 11.7 Å². The highest BCUT2D eigenvalue weighted by atomic mass is 19.1. The van der Waals surface area contributed by atoms with Gasteiger partial charge in [-0.2, -0.15) is 5.06 Å². The SMILES string of the molecule is CC(=O)N(Oc1c[nH]c2ccccc12)[C@@H](Cc1ccc(F)cc1)C(=O)N[C@@H](Cc1ccc(N=C(N)N)cc1)C(=O)N[C@@H](CC(C)C)C(=O)N[C@@H](CCCN=C(N)N)C(N)=O. The molecule has 0 fully saturated rings. The van der Waals surface area contributed by atoms with Gasteiger partial charge in [0.05, 0.1) is 5.69 Å². The number of nitrogens with zero attached hydrogens (tertiary/aromatic N) is 3. The predicted molar refractivity (Wildman–Crippen MR) is 225 cm³/mol. The van der Waals surface area contributed by atoms with E-state index in [1.54, 1.807) is 42.6 Å². The van der Waals surface area contributed by atoms with Crippen molar-refractivity contribution in [3.05, 3.63) is 95.9 Å². The zero-order chi connectivity index (χ0) is 43.9. The van der Waals surface area contributed by atoms with Crippen LogP contribution in [0.5, 0.6) is 5.75 Å². The second-order valence-corrected chi connectivity index (χ2v) is 14.6. The number of benzene rings is 3. The lowest BCUT2D eigenvalue weighted by Gasteiger charge is -2.31. The van der Waals surface area contributed by atoms with Crippen LogP contribution in [0.25, 0.3) is 10.9 Å². The van der Waals surface area contributed by atoms with Crippen LogP contribution in [-0.2, 0) is 36.8 Å². The summed E-state index contributed by atoms with van der Waals surface area (Å²) in [4.78, 5) is 85.4. The van der Waals surface area contributed by atoms with Gasteiger partial charge in [-0.1, -0.05) is 50.2 Å². The van der Waals surface area contributed by atoms with E-state index in [0.29, 0.717) is 34.1 Å². The molecule has 4 atom stereocenters. The van der Waals surface area contributed by atoms with Gasteiger partial charge in [-0.25, -0.2) is 9.38 Å². The number of aromatic nitrogens is 1. The number of fused-ring (bicyclic) bond motifs is 1. The zero-order valence-electron chi connectivity index (χ0n) is 33.7. The Labute approximate surface area is 346 Å². The Morgan fingerprint density at radius 1 is 0.767 bits per heavy atom. The highest BCUT2D eigenvalue weighted by Crippen LogP contribution is 2.27. The van der Waals surface area contributed by atoms with Gasteiger partial charge in [0.25, 0.3) is 5.91 Å². The van der Waals surface area contributed by atoms with E-state index >= 15 is 0 Å². The summed E-state index contributed by atoms with van der Waals surface area (Å²) in [5, 5.41) is 9.70. The average Bonchev–Trinajstić information content (AvgIpc) is 3.60. The molecule has 3 aromatic carbocycles. The number of aliphatic imine (C=N–C) groups is 2. The van der Waals surface area contributed by atoms with Crippen LogP contribution in [0.1, 0.15) is 51.2 Å². The number of nitrogens with one attached hydrogen (secondary N) is 4. The molecule has 1 heterocycles. The van der Waals surface area contributed by atoms with Gasteiger partial charge in [0.1, 0.15) is 23.9 Å². The molecule has 60 heavy (non-hydrogen) atoms. The second kappa shape index (κ2) is 21.5. The summed E-state index contributed by atoms with van der Waals surface area (Å²) in [6.07, 6.45) is 1.89. The minimum Gasteiger partial charge on any atom is -0.374 e. The molecule has 5 amide bonds. The first kappa shape index (κ1) is 45.5. The highest BCUT2D eigenvalue weighted by molar-refractivity contribution is 5.95. The Hall–Kier alpha value is -7.18. The third kappa shape index (κ3) is 13.7. The molecule has 19 heteroatoms. The van der Waals surface area contributed by atoms with E-state index in [9.17, 15) is 28.4 Å². The number of hydroxylamine groups is 2. The van der Waals surface area contributed by atoms with E-state index in [2.05, 4.69) is 30.9 Å². The molecule has 320 valence electrons. The summed E-state index contributed by atoms with van der Waals surface area (Å²) < 4.78 is 14.0. The fourth-order valence-corrected chi connectivity index (χ4v) is 6.30. The molecule has 0 spiro atoms. The number of hydrogen-bond acceptors (Lipinski definition) is 8. The summed E-state index contributed by atoms with van der Waals surface area (Å²) in [5.74, 6) is -4.34. The summed E-state index contributed by atoms with van der Waals surface area (Å²) in [6.45, 7) is 5.10. The number of carbonyl (C=O) groups excluding carboxylic acids is 5. The van der Waals surface area contributed by atoms with Crippen LogP contribution in [0.3, 0.4) is 0 Å². The van der Waals surface area contributed by atoms with Crippen molar-refractivity contribution in [2.75, 3.05) is 6.54 Å². The van der Waals surface area contributed by atoms with Crippen molar-refractivity contribution in [2.45, 2.75) is 77.0 Å². The molecule has 18 nitrogen and oxygen atoms in total. The lowest BCUT2D eigenvalue weighted by molar-refractivity contribution is -0.169. The average molecular weight is 829 g/mol. The van der Waals surface area contributed by atoms with Gasteiger partial charge in [-0.15, -0.1) is 0 Å². The molecule has 0 bridgehead atoms. The van der Waals surface area contributed by atoms with Gasteiger partial charge < -0.3 is 54.4 Å². The predicted octanol–water partition coefficient (Wildman–Crippen LogP) is 1.25. The summed E-state index contributed by atoms with van der Waals surface area (Å²) >= 11 is 0. The molecule has 0 unspecified atom stereocenters. The number of halogens is 1. The Morgan fingerprint density at radius 2 is 1.37 bits per heavy atom. The van der Waals surface area contributed by atoms with E-state index in [1.165, 1.54) is 31.2 Å². The van der Waals surface area contributed by atoms with Crippen molar-refractivity contribution >= 4 is 58.0 Å². The van der Waals surface area contributed by atoms with Crippen molar-refractivity contribution in [3.8, 4) is 5.75 Å². The maximum atomic E-state index is 14.6. The molecule has 0 saturated heterocycles. The number of H-pyrrole nitrogens is 1. The number of para-hydroxylation sites is 1. The summed E-state index contributed by atoms with van der Waals surface area (Å²) in [5.41, 5.74) is 29.6. The van der Waals surface area contributed by atoms with Crippen LogP contribution in [0.4, 0.5) is 10.1 Å². The Balaban J connectivity index is 1.69. The molecule has 0 radical (unpaired) electrons. The van der Waals surface area contributed by atoms with Crippen LogP contribution >= 0.6 is 0 Å².